The lowest BCUT2D eigenvalue weighted by Gasteiger charge is -2.33. The number of rotatable bonds is 4. The van der Waals surface area contributed by atoms with Crippen LogP contribution < -0.4 is 4.74 Å². The van der Waals surface area contributed by atoms with Crippen molar-refractivity contribution >= 4 is 21.8 Å². The van der Waals surface area contributed by atoms with Gasteiger partial charge in [-0.2, -0.15) is 0 Å². The maximum absolute atomic E-state index is 12.6. The molecular formula is C19H20BrNO3. The number of carbonyl (C=O) groups is 1. The van der Waals surface area contributed by atoms with Crippen LogP contribution in [0.3, 0.4) is 0 Å². The molecule has 24 heavy (non-hydrogen) atoms. The first-order valence-electron chi connectivity index (χ1n) is 7.93. The average Bonchev–Trinajstić information content (AvgIpc) is 2.63. The van der Waals surface area contributed by atoms with E-state index in [1.54, 1.807) is 7.11 Å². The molecule has 0 bridgehead atoms. The van der Waals surface area contributed by atoms with Gasteiger partial charge in [0, 0.05) is 11.0 Å². The smallest absolute Gasteiger partial charge is 0.227 e. The van der Waals surface area contributed by atoms with E-state index in [4.69, 9.17) is 9.47 Å². The zero-order valence-electron chi connectivity index (χ0n) is 13.6. The van der Waals surface area contributed by atoms with Crippen LogP contribution in [0.5, 0.6) is 5.75 Å². The van der Waals surface area contributed by atoms with Gasteiger partial charge in [-0.1, -0.05) is 40.2 Å². The van der Waals surface area contributed by atoms with Crippen LogP contribution in [0.1, 0.15) is 17.2 Å². The van der Waals surface area contributed by atoms with E-state index in [1.165, 1.54) is 0 Å². The Hall–Kier alpha value is -1.85. The first-order valence-corrected chi connectivity index (χ1v) is 8.73. The van der Waals surface area contributed by atoms with Crippen LogP contribution in [0.4, 0.5) is 0 Å². The highest BCUT2D eigenvalue weighted by Crippen LogP contribution is 2.24. The zero-order valence-corrected chi connectivity index (χ0v) is 15.2. The molecule has 2 aromatic rings. The number of nitrogens with zero attached hydrogens (tertiary/aromatic N) is 1. The van der Waals surface area contributed by atoms with Crippen molar-refractivity contribution in [3.63, 3.8) is 0 Å². The predicted octanol–water partition coefficient (Wildman–Crippen LogP) is 3.60. The van der Waals surface area contributed by atoms with Gasteiger partial charge in [-0.3, -0.25) is 4.79 Å². The number of morpholine rings is 1. The number of hydrogen-bond acceptors (Lipinski definition) is 3. The highest BCUT2D eigenvalue weighted by atomic mass is 79.9. The summed E-state index contributed by atoms with van der Waals surface area (Å²) < 4.78 is 12.0. The van der Waals surface area contributed by atoms with Gasteiger partial charge in [0.1, 0.15) is 11.9 Å². The summed E-state index contributed by atoms with van der Waals surface area (Å²) in [5.74, 6) is 0.929. The van der Waals surface area contributed by atoms with Crippen molar-refractivity contribution in [3.8, 4) is 5.75 Å². The number of carbonyl (C=O) groups excluding carboxylic acids is 1. The van der Waals surface area contributed by atoms with Gasteiger partial charge in [0.05, 0.1) is 26.7 Å². The van der Waals surface area contributed by atoms with E-state index in [0.29, 0.717) is 26.1 Å². The number of amides is 1. The standard InChI is InChI=1S/C19H20BrNO3/c1-23-17-8-2-14(3-9-17)12-19(22)21-10-11-24-18(13-21)15-4-6-16(20)7-5-15/h2-9,18H,10-13H2,1H3. The maximum Gasteiger partial charge on any atom is 0.227 e. The first-order chi connectivity index (χ1) is 11.7. The Kier molecular flexibility index (Phi) is 5.53. The van der Waals surface area contributed by atoms with Crippen molar-refractivity contribution in [3.05, 3.63) is 64.1 Å². The summed E-state index contributed by atoms with van der Waals surface area (Å²) in [6.07, 6.45) is 0.337. The summed E-state index contributed by atoms with van der Waals surface area (Å²) in [5, 5.41) is 0. The first kappa shape index (κ1) is 17.0. The molecule has 0 saturated carbocycles. The molecule has 1 heterocycles. The molecule has 4 nitrogen and oxygen atoms in total. The molecule has 1 amide bonds. The molecule has 1 atom stereocenters. The van der Waals surface area contributed by atoms with E-state index in [0.717, 1.165) is 21.3 Å². The van der Waals surface area contributed by atoms with Crippen LogP contribution in [-0.4, -0.2) is 37.6 Å². The van der Waals surface area contributed by atoms with Gasteiger partial charge in [-0.15, -0.1) is 0 Å². The molecule has 126 valence electrons. The van der Waals surface area contributed by atoms with Crippen LogP contribution in [0.2, 0.25) is 0 Å². The summed E-state index contributed by atoms with van der Waals surface area (Å²) >= 11 is 3.44. The van der Waals surface area contributed by atoms with Crippen LogP contribution in [-0.2, 0) is 16.0 Å². The topological polar surface area (TPSA) is 38.8 Å². The Morgan fingerprint density at radius 2 is 1.92 bits per heavy atom. The van der Waals surface area contributed by atoms with Gasteiger partial charge < -0.3 is 14.4 Å². The summed E-state index contributed by atoms with van der Waals surface area (Å²) in [6, 6.07) is 15.7. The molecule has 5 heteroatoms. The summed E-state index contributed by atoms with van der Waals surface area (Å²) in [4.78, 5) is 14.5. The summed E-state index contributed by atoms with van der Waals surface area (Å²) in [7, 11) is 1.64. The van der Waals surface area contributed by atoms with Gasteiger partial charge >= 0.3 is 0 Å². The fourth-order valence-electron chi connectivity index (χ4n) is 2.78. The van der Waals surface area contributed by atoms with Crippen molar-refractivity contribution < 1.29 is 14.3 Å². The minimum absolute atomic E-state index is 0.0633. The third kappa shape index (κ3) is 4.16. The monoisotopic (exact) mass is 389 g/mol. The van der Waals surface area contributed by atoms with Crippen molar-refractivity contribution in [1.82, 2.24) is 4.90 Å². The molecule has 1 aliphatic rings. The third-order valence-corrected chi connectivity index (χ3v) is 4.70. The van der Waals surface area contributed by atoms with Crippen LogP contribution in [0.15, 0.2) is 53.0 Å². The van der Waals surface area contributed by atoms with Crippen molar-refractivity contribution in [2.45, 2.75) is 12.5 Å². The van der Waals surface area contributed by atoms with Gasteiger partial charge in [0.15, 0.2) is 0 Å². The zero-order chi connectivity index (χ0) is 16.9. The second-order valence-electron chi connectivity index (χ2n) is 5.78. The van der Waals surface area contributed by atoms with Crippen LogP contribution in [0, 0.1) is 0 Å². The van der Waals surface area contributed by atoms with Gasteiger partial charge in [-0.25, -0.2) is 0 Å². The molecule has 0 aromatic heterocycles. The fraction of sp³-hybridized carbons (Fsp3) is 0.316. The lowest BCUT2D eigenvalue weighted by atomic mass is 10.1. The molecule has 0 N–H and O–H groups in total. The number of methoxy groups -OCH3 is 1. The van der Waals surface area contributed by atoms with E-state index in [2.05, 4.69) is 15.9 Å². The van der Waals surface area contributed by atoms with Crippen molar-refractivity contribution in [1.29, 1.82) is 0 Å². The largest absolute Gasteiger partial charge is 0.497 e. The molecule has 1 saturated heterocycles. The average molecular weight is 390 g/mol. The maximum atomic E-state index is 12.6. The van der Waals surface area contributed by atoms with Crippen molar-refractivity contribution in [2.24, 2.45) is 0 Å². The highest BCUT2D eigenvalue weighted by Gasteiger charge is 2.25. The van der Waals surface area contributed by atoms with E-state index >= 15 is 0 Å². The normalized spacial score (nSPS) is 17.6. The van der Waals surface area contributed by atoms with Crippen molar-refractivity contribution in [2.75, 3.05) is 26.8 Å². The number of benzene rings is 2. The number of ether oxygens (including phenoxy) is 2. The molecule has 1 unspecified atom stereocenters. The molecule has 1 aliphatic heterocycles. The molecule has 1 fully saturated rings. The molecule has 0 aliphatic carbocycles. The van der Waals surface area contributed by atoms with E-state index in [9.17, 15) is 4.79 Å². The molecule has 2 aromatic carbocycles. The van der Waals surface area contributed by atoms with E-state index in [-0.39, 0.29) is 12.0 Å². The highest BCUT2D eigenvalue weighted by molar-refractivity contribution is 9.10. The minimum Gasteiger partial charge on any atom is -0.497 e. The third-order valence-electron chi connectivity index (χ3n) is 4.18. The van der Waals surface area contributed by atoms with E-state index in [1.807, 2.05) is 53.4 Å². The summed E-state index contributed by atoms with van der Waals surface area (Å²) in [5.41, 5.74) is 2.09. The minimum atomic E-state index is -0.0633. The molecule has 3 rings (SSSR count). The lowest BCUT2D eigenvalue weighted by molar-refractivity contribution is -0.138. The van der Waals surface area contributed by atoms with Crippen LogP contribution in [0.25, 0.3) is 0 Å². The van der Waals surface area contributed by atoms with Gasteiger partial charge in [0.2, 0.25) is 5.91 Å². The van der Waals surface area contributed by atoms with E-state index < -0.39 is 0 Å². The second kappa shape index (κ2) is 7.81. The summed E-state index contributed by atoms with van der Waals surface area (Å²) in [6.45, 7) is 1.80. The fourth-order valence-corrected chi connectivity index (χ4v) is 3.05. The lowest BCUT2D eigenvalue weighted by Crippen LogP contribution is -2.42. The number of hydrogen-bond donors (Lipinski definition) is 0. The molecule has 0 radical (unpaired) electrons. The van der Waals surface area contributed by atoms with Gasteiger partial charge in [-0.05, 0) is 35.4 Å². The second-order valence-corrected chi connectivity index (χ2v) is 6.69. The Labute approximate surface area is 150 Å². The Morgan fingerprint density at radius 1 is 1.21 bits per heavy atom. The Morgan fingerprint density at radius 3 is 2.58 bits per heavy atom. The van der Waals surface area contributed by atoms with Crippen LogP contribution >= 0.6 is 15.9 Å². The Balaban J connectivity index is 1.63. The Bertz CT molecular complexity index is 685. The predicted molar refractivity (Wildman–Crippen MR) is 96.1 cm³/mol. The molecular weight excluding hydrogens is 370 g/mol. The number of halogens is 1. The SMILES string of the molecule is COc1ccc(CC(=O)N2CCOC(c3ccc(Br)cc3)C2)cc1. The quantitative estimate of drug-likeness (QED) is 0.801. The van der Waals surface area contributed by atoms with Gasteiger partial charge in [0.25, 0.3) is 0 Å². The molecule has 0 spiro atoms.